The minimum Gasteiger partial charge on any atom is -0.490 e. The Kier molecular flexibility index (Phi) is 5.97. The number of ether oxygens (including phenoxy) is 2. The van der Waals surface area contributed by atoms with Gasteiger partial charge in [0.05, 0.1) is 12.3 Å². The van der Waals surface area contributed by atoms with Crippen molar-refractivity contribution in [1.29, 1.82) is 0 Å². The van der Waals surface area contributed by atoms with Crippen LogP contribution >= 0.6 is 23.2 Å². The van der Waals surface area contributed by atoms with Crippen molar-refractivity contribution in [3.8, 4) is 11.5 Å². The summed E-state index contributed by atoms with van der Waals surface area (Å²) in [5.41, 5.74) is 2.51. The first-order valence-corrected chi connectivity index (χ1v) is 10.7. The monoisotopic (exact) mass is 459 g/mol. The van der Waals surface area contributed by atoms with Gasteiger partial charge in [-0.15, -0.1) is 0 Å². The molecule has 2 heterocycles. The van der Waals surface area contributed by atoms with Gasteiger partial charge in [0.1, 0.15) is 24.4 Å². The maximum absolute atomic E-state index is 11.4. The van der Waals surface area contributed by atoms with Gasteiger partial charge >= 0.3 is 0 Å². The second-order valence-electron chi connectivity index (χ2n) is 7.96. The van der Waals surface area contributed by atoms with E-state index in [9.17, 15) is 5.11 Å². The Labute approximate surface area is 191 Å². The van der Waals surface area contributed by atoms with Gasteiger partial charge in [-0.25, -0.2) is 9.67 Å². The Bertz CT molecular complexity index is 1130. The van der Waals surface area contributed by atoms with Crippen LogP contribution in [0, 0.1) is 0 Å². The summed E-state index contributed by atoms with van der Waals surface area (Å²) in [6, 6.07) is 8.95. The van der Waals surface area contributed by atoms with Crippen molar-refractivity contribution in [3.63, 3.8) is 0 Å². The molecule has 1 N–H and O–H groups in total. The molecule has 162 valence electrons. The van der Waals surface area contributed by atoms with Gasteiger partial charge in [0.25, 0.3) is 0 Å². The van der Waals surface area contributed by atoms with Crippen LogP contribution in [0.3, 0.4) is 0 Å². The van der Waals surface area contributed by atoms with E-state index in [1.165, 1.54) is 17.3 Å². The van der Waals surface area contributed by atoms with E-state index in [1.54, 1.807) is 24.3 Å². The highest BCUT2D eigenvalue weighted by molar-refractivity contribution is 6.35. The van der Waals surface area contributed by atoms with Crippen LogP contribution in [0.5, 0.6) is 11.5 Å². The van der Waals surface area contributed by atoms with Crippen molar-refractivity contribution < 1.29 is 14.6 Å². The molecule has 4 rings (SSSR count). The van der Waals surface area contributed by atoms with Crippen molar-refractivity contribution in [2.24, 2.45) is 0 Å². The lowest BCUT2D eigenvalue weighted by Crippen LogP contribution is -2.24. The Morgan fingerprint density at radius 2 is 2.13 bits per heavy atom. The molecular weight excluding hydrogens is 437 g/mol. The van der Waals surface area contributed by atoms with Gasteiger partial charge in [0.2, 0.25) is 0 Å². The first kappa shape index (κ1) is 21.7. The molecule has 1 aliphatic heterocycles. The molecule has 1 unspecified atom stereocenters. The van der Waals surface area contributed by atoms with Gasteiger partial charge in [-0.05, 0) is 62.2 Å². The number of aliphatic hydroxyl groups is 1. The SMILES string of the molecule is CCOc1cc(C(O)C(=Cc2ccc(Cl)cc2Cl)n2cncn2)cc2c1OC(C)(C)C2. The molecule has 3 aromatic rings. The smallest absolute Gasteiger partial charge is 0.165 e. The predicted molar refractivity (Wildman–Crippen MR) is 122 cm³/mol. The zero-order valence-electron chi connectivity index (χ0n) is 17.5. The summed E-state index contributed by atoms with van der Waals surface area (Å²) in [6.07, 6.45) is 4.42. The molecule has 1 atom stereocenters. The van der Waals surface area contributed by atoms with Crippen molar-refractivity contribution in [2.75, 3.05) is 6.61 Å². The minimum atomic E-state index is -1.01. The van der Waals surface area contributed by atoms with Crippen LogP contribution in [0.25, 0.3) is 11.8 Å². The summed E-state index contributed by atoms with van der Waals surface area (Å²) in [5, 5.41) is 16.6. The largest absolute Gasteiger partial charge is 0.490 e. The topological polar surface area (TPSA) is 69.4 Å². The Morgan fingerprint density at radius 3 is 2.81 bits per heavy atom. The highest BCUT2D eigenvalue weighted by Gasteiger charge is 2.34. The van der Waals surface area contributed by atoms with Crippen LogP contribution in [0.2, 0.25) is 10.0 Å². The zero-order chi connectivity index (χ0) is 22.2. The normalized spacial score (nSPS) is 16.0. The molecule has 8 heteroatoms. The second-order valence-corrected chi connectivity index (χ2v) is 8.80. The van der Waals surface area contributed by atoms with Crippen LogP contribution in [0.15, 0.2) is 43.0 Å². The second kappa shape index (κ2) is 8.54. The van der Waals surface area contributed by atoms with Gasteiger partial charge in [0, 0.05) is 22.0 Å². The third-order valence-corrected chi connectivity index (χ3v) is 5.56. The minimum absolute atomic E-state index is 0.334. The number of benzene rings is 2. The van der Waals surface area contributed by atoms with Crippen molar-refractivity contribution in [2.45, 2.75) is 38.9 Å². The van der Waals surface area contributed by atoms with Crippen molar-refractivity contribution >= 4 is 35.0 Å². The van der Waals surface area contributed by atoms with E-state index in [4.69, 9.17) is 32.7 Å². The van der Waals surface area contributed by atoms with E-state index in [-0.39, 0.29) is 5.60 Å². The molecule has 0 bridgehead atoms. The molecule has 2 aromatic carbocycles. The molecule has 1 aliphatic rings. The predicted octanol–water partition coefficient (Wildman–Crippen LogP) is 5.43. The fourth-order valence-electron chi connectivity index (χ4n) is 3.68. The first-order chi connectivity index (χ1) is 14.8. The Morgan fingerprint density at radius 1 is 1.32 bits per heavy atom. The maximum Gasteiger partial charge on any atom is 0.165 e. The number of aliphatic hydroxyl groups excluding tert-OH is 1. The number of fused-ring (bicyclic) bond motifs is 1. The zero-order valence-corrected chi connectivity index (χ0v) is 19.0. The van der Waals surface area contributed by atoms with Crippen LogP contribution in [0.4, 0.5) is 0 Å². The van der Waals surface area contributed by atoms with Crippen molar-refractivity contribution in [1.82, 2.24) is 14.8 Å². The molecule has 0 saturated carbocycles. The fourth-order valence-corrected chi connectivity index (χ4v) is 4.15. The average molecular weight is 460 g/mol. The van der Waals surface area contributed by atoms with E-state index < -0.39 is 6.10 Å². The average Bonchev–Trinajstić information content (AvgIpc) is 3.33. The van der Waals surface area contributed by atoms with E-state index in [0.29, 0.717) is 45.6 Å². The fraction of sp³-hybridized carbons (Fsp3) is 0.304. The van der Waals surface area contributed by atoms with Crippen molar-refractivity contribution in [3.05, 3.63) is 69.7 Å². The molecule has 1 aromatic heterocycles. The summed E-state index contributed by atoms with van der Waals surface area (Å²) in [5.74, 6) is 1.34. The molecule has 0 radical (unpaired) electrons. The first-order valence-electron chi connectivity index (χ1n) is 9.96. The lowest BCUT2D eigenvalue weighted by molar-refractivity contribution is 0.132. The number of rotatable bonds is 6. The van der Waals surface area contributed by atoms with E-state index >= 15 is 0 Å². The summed E-state index contributed by atoms with van der Waals surface area (Å²) >= 11 is 12.4. The van der Waals surface area contributed by atoms with E-state index in [1.807, 2.05) is 32.9 Å². The highest BCUT2D eigenvalue weighted by atomic mass is 35.5. The number of nitrogens with zero attached hydrogens (tertiary/aromatic N) is 3. The Hall–Kier alpha value is -2.54. The molecule has 0 amide bonds. The summed E-state index contributed by atoms with van der Waals surface area (Å²) < 4.78 is 13.4. The maximum atomic E-state index is 11.4. The van der Waals surface area contributed by atoms with Gasteiger partial charge < -0.3 is 14.6 Å². The Balaban J connectivity index is 1.81. The molecule has 31 heavy (non-hydrogen) atoms. The third-order valence-electron chi connectivity index (χ3n) is 4.99. The lowest BCUT2D eigenvalue weighted by atomic mass is 9.96. The molecule has 0 saturated heterocycles. The molecule has 0 fully saturated rings. The number of hydrogen-bond donors (Lipinski definition) is 1. The molecule has 0 spiro atoms. The highest BCUT2D eigenvalue weighted by Crippen LogP contribution is 2.45. The summed E-state index contributed by atoms with van der Waals surface area (Å²) in [4.78, 5) is 4.02. The number of halogens is 2. The standard InChI is InChI=1S/C23H23Cl2N3O3/c1-4-30-20-9-15(7-16-11-23(2,3)31-22(16)20)21(29)19(28-13-26-12-27-28)8-14-5-6-17(24)10-18(14)25/h5-10,12-13,21,29H,4,11H2,1-3H3. The lowest BCUT2D eigenvalue weighted by Gasteiger charge is -2.19. The summed E-state index contributed by atoms with van der Waals surface area (Å²) in [6.45, 7) is 6.46. The van der Waals surface area contributed by atoms with Crippen LogP contribution < -0.4 is 9.47 Å². The van der Waals surface area contributed by atoms with Gasteiger partial charge in [-0.3, -0.25) is 0 Å². The molecule has 0 aliphatic carbocycles. The van der Waals surface area contributed by atoms with Crippen LogP contribution in [-0.4, -0.2) is 32.1 Å². The van der Waals surface area contributed by atoms with E-state index in [0.717, 1.165) is 11.3 Å². The number of aromatic nitrogens is 3. The quantitative estimate of drug-likeness (QED) is 0.532. The third kappa shape index (κ3) is 4.56. The molecule has 6 nitrogen and oxygen atoms in total. The summed E-state index contributed by atoms with van der Waals surface area (Å²) in [7, 11) is 0. The number of hydrogen-bond acceptors (Lipinski definition) is 5. The van der Waals surface area contributed by atoms with Gasteiger partial charge in [-0.1, -0.05) is 29.3 Å². The van der Waals surface area contributed by atoms with Gasteiger partial charge in [0.15, 0.2) is 11.5 Å². The van der Waals surface area contributed by atoms with E-state index in [2.05, 4.69) is 10.1 Å². The van der Waals surface area contributed by atoms with Gasteiger partial charge in [-0.2, -0.15) is 5.10 Å². The molecular formula is C23H23Cl2N3O3. The van der Waals surface area contributed by atoms with Crippen LogP contribution in [0.1, 0.15) is 43.6 Å². The van der Waals surface area contributed by atoms with Crippen LogP contribution in [-0.2, 0) is 6.42 Å².